The zero-order chi connectivity index (χ0) is 27.4. The third-order valence-electron chi connectivity index (χ3n) is 7.79. The maximum atomic E-state index is 14.9. The summed E-state index contributed by atoms with van der Waals surface area (Å²) in [5.74, 6) is -8.31. The fourth-order valence-electron chi connectivity index (χ4n) is 6.02. The summed E-state index contributed by atoms with van der Waals surface area (Å²) in [7, 11) is 0. The Kier molecular flexibility index (Phi) is 6.53. The standard InChI is InChI=1S/C25H24F5N5O3/c26-12-6-16(21(27)28)15-8-19(34-18(15)7-12)24(38)35-14-1-2-17(25(29,30)9-14)20(35)23(37)33-13(10-31)5-11-3-4-32-22(11)36/h6-8,11,13-14,17,20-21,34H,1-5,9H2,(H,32,36)(H,33,37)/t11-,13+,14-,17-,20-/m1/s1. The molecule has 4 fully saturated rings. The van der Waals surface area contributed by atoms with Crippen molar-refractivity contribution in [1.29, 1.82) is 5.26 Å². The summed E-state index contributed by atoms with van der Waals surface area (Å²) in [5.41, 5.74) is -0.957. The van der Waals surface area contributed by atoms with Crippen molar-refractivity contribution in [2.24, 2.45) is 11.8 Å². The monoisotopic (exact) mass is 537 g/mol. The van der Waals surface area contributed by atoms with E-state index in [4.69, 9.17) is 0 Å². The number of halogens is 5. The van der Waals surface area contributed by atoms with Crippen molar-refractivity contribution in [2.45, 2.75) is 62.6 Å². The van der Waals surface area contributed by atoms with E-state index in [0.717, 1.165) is 17.0 Å². The van der Waals surface area contributed by atoms with E-state index >= 15 is 0 Å². The van der Waals surface area contributed by atoms with Crippen LogP contribution in [-0.2, 0) is 9.59 Å². The van der Waals surface area contributed by atoms with E-state index in [2.05, 4.69) is 15.6 Å². The van der Waals surface area contributed by atoms with Crippen molar-refractivity contribution >= 4 is 28.6 Å². The topological polar surface area (TPSA) is 118 Å². The second-order valence-corrected chi connectivity index (χ2v) is 10.1. The number of nitrogens with one attached hydrogen (secondary N) is 3. The first kappa shape index (κ1) is 25.9. The van der Waals surface area contributed by atoms with Crippen LogP contribution in [0.1, 0.15) is 54.6 Å². The Balaban J connectivity index is 1.46. The van der Waals surface area contributed by atoms with Crippen molar-refractivity contribution in [3.8, 4) is 6.07 Å². The van der Waals surface area contributed by atoms with Crippen LogP contribution in [0.4, 0.5) is 22.0 Å². The van der Waals surface area contributed by atoms with E-state index in [9.17, 15) is 41.6 Å². The minimum atomic E-state index is -3.25. The predicted molar refractivity (Wildman–Crippen MR) is 123 cm³/mol. The number of fused-ring (bicyclic) bond motifs is 4. The van der Waals surface area contributed by atoms with Gasteiger partial charge < -0.3 is 20.5 Å². The number of benzene rings is 1. The van der Waals surface area contributed by atoms with E-state index < -0.39 is 71.9 Å². The first-order valence-electron chi connectivity index (χ1n) is 12.3. The Hall–Kier alpha value is -3.69. The molecule has 2 aromatic rings. The highest BCUT2D eigenvalue weighted by atomic mass is 19.3. The number of piperidine rings is 2. The smallest absolute Gasteiger partial charge is 0.271 e. The average molecular weight is 537 g/mol. The molecular formula is C25H24F5N5O3. The van der Waals surface area contributed by atoms with Crippen LogP contribution in [0, 0.1) is 29.0 Å². The summed E-state index contributed by atoms with van der Waals surface area (Å²) in [6, 6.07) is 0.789. The van der Waals surface area contributed by atoms with Gasteiger partial charge in [0, 0.05) is 41.4 Å². The molecule has 13 heteroatoms. The number of nitriles is 1. The lowest BCUT2D eigenvalue weighted by Gasteiger charge is -2.53. The molecule has 202 valence electrons. The molecule has 5 atom stereocenters. The van der Waals surface area contributed by atoms with Gasteiger partial charge >= 0.3 is 0 Å². The number of carbonyl (C=O) groups excluding carboxylic acids is 3. The number of aromatic amines is 1. The number of rotatable bonds is 6. The van der Waals surface area contributed by atoms with E-state index in [1.54, 1.807) is 0 Å². The first-order chi connectivity index (χ1) is 18.0. The van der Waals surface area contributed by atoms with Crippen molar-refractivity contribution < 1.29 is 36.3 Å². The summed E-state index contributed by atoms with van der Waals surface area (Å²) < 4.78 is 70.7. The molecule has 0 radical (unpaired) electrons. The van der Waals surface area contributed by atoms with Crippen molar-refractivity contribution in [3.63, 3.8) is 0 Å². The maximum Gasteiger partial charge on any atom is 0.271 e. The molecule has 8 nitrogen and oxygen atoms in total. The van der Waals surface area contributed by atoms with Gasteiger partial charge in [-0.15, -0.1) is 0 Å². The van der Waals surface area contributed by atoms with Crippen LogP contribution in [0.15, 0.2) is 18.2 Å². The van der Waals surface area contributed by atoms with Crippen LogP contribution in [0.2, 0.25) is 0 Å². The van der Waals surface area contributed by atoms with Crippen LogP contribution >= 0.6 is 0 Å². The Labute approximate surface area is 213 Å². The predicted octanol–water partition coefficient (Wildman–Crippen LogP) is 3.41. The number of carbonyl (C=O) groups is 3. The summed E-state index contributed by atoms with van der Waals surface area (Å²) in [4.78, 5) is 42.5. The summed E-state index contributed by atoms with van der Waals surface area (Å²) in [6.45, 7) is 0.429. The van der Waals surface area contributed by atoms with Gasteiger partial charge in [-0.2, -0.15) is 5.26 Å². The highest BCUT2D eigenvalue weighted by Gasteiger charge is 2.60. The molecule has 0 spiro atoms. The lowest BCUT2D eigenvalue weighted by atomic mass is 9.71. The SMILES string of the molecule is N#C[C@H](C[C@H]1CCNC1=O)NC(=O)[C@H]1[C@H]2CC[C@H](CC2(F)F)N1C(=O)c1cc2c(C(F)F)cc(F)cc2[nH]1. The molecule has 2 bridgehead atoms. The Morgan fingerprint density at radius 2 is 1.97 bits per heavy atom. The van der Waals surface area contributed by atoms with Gasteiger partial charge in [0.15, 0.2) is 0 Å². The van der Waals surface area contributed by atoms with Gasteiger partial charge in [-0.3, -0.25) is 14.4 Å². The van der Waals surface area contributed by atoms with Crippen LogP contribution in [0.25, 0.3) is 10.9 Å². The number of aromatic nitrogens is 1. The Morgan fingerprint density at radius 1 is 1.21 bits per heavy atom. The largest absolute Gasteiger partial charge is 0.356 e. The average Bonchev–Trinajstić information content (AvgIpc) is 3.47. The van der Waals surface area contributed by atoms with Gasteiger partial charge in [-0.05, 0) is 43.9 Å². The van der Waals surface area contributed by atoms with Crippen LogP contribution in [-0.4, -0.2) is 58.2 Å². The molecule has 1 saturated carbocycles. The maximum absolute atomic E-state index is 14.9. The van der Waals surface area contributed by atoms with Gasteiger partial charge in [-0.1, -0.05) is 0 Å². The van der Waals surface area contributed by atoms with Crippen molar-refractivity contribution in [1.82, 2.24) is 20.5 Å². The molecule has 38 heavy (non-hydrogen) atoms. The zero-order valence-corrected chi connectivity index (χ0v) is 19.9. The van der Waals surface area contributed by atoms with Gasteiger partial charge in [0.25, 0.3) is 18.3 Å². The van der Waals surface area contributed by atoms with E-state index in [1.807, 2.05) is 6.07 Å². The molecule has 3 N–H and O–H groups in total. The van der Waals surface area contributed by atoms with E-state index in [1.165, 1.54) is 0 Å². The molecule has 4 aliphatic rings. The number of hydrogen-bond acceptors (Lipinski definition) is 4. The zero-order valence-electron chi connectivity index (χ0n) is 19.9. The molecule has 1 aliphatic carbocycles. The molecule has 3 saturated heterocycles. The van der Waals surface area contributed by atoms with Crippen LogP contribution in [0.5, 0.6) is 0 Å². The van der Waals surface area contributed by atoms with Gasteiger partial charge in [0.1, 0.15) is 23.6 Å². The molecule has 6 rings (SSSR count). The van der Waals surface area contributed by atoms with Crippen molar-refractivity contribution in [2.75, 3.05) is 6.54 Å². The van der Waals surface area contributed by atoms with Crippen LogP contribution in [0.3, 0.4) is 0 Å². The van der Waals surface area contributed by atoms with Gasteiger partial charge in [0.05, 0.1) is 12.0 Å². The number of amides is 3. The van der Waals surface area contributed by atoms with Crippen molar-refractivity contribution in [3.05, 3.63) is 35.3 Å². The second-order valence-electron chi connectivity index (χ2n) is 10.1. The molecule has 3 amide bonds. The van der Waals surface area contributed by atoms with Gasteiger partial charge in [0.2, 0.25) is 11.8 Å². The molecule has 0 unspecified atom stereocenters. The molecular weight excluding hydrogens is 513 g/mol. The molecule has 4 heterocycles. The third-order valence-corrected chi connectivity index (χ3v) is 7.79. The first-order valence-corrected chi connectivity index (χ1v) is 12.3. The minimum absolute atomic E-state index is 0.0107. The number of alkyl halides is 4. The summed E-state index contributed by atoms with van der Waals surface area (Å²) in [6.07, 6.45) is -3.07. The minimum Gasteiger partial charge on any atom is -0.356 e. The fourth-order valence-corrected chi connectivity index (χ4v) is 6.02. The van der Waals surface area contributed by atoms with E-state index in [0.29, 0.717) is 19.0 Å². The summed E-state index contributed by atoms with van der Waals surface area (Å²) >= 11 is 0. The fraction of sp³-hybridized carbons (Fsp3) is 0.520. The highest BCUT2D eigenvalue weighted by molar-refractivity contribution is 6.01. The molecule has 1 aromatic heterocycles. The number of hydrogen-bond donors (Lipinski definition) is 3. The Morgan fingerprint density at radius 3 is 2.61 bits per heavy atom. The lowest BCUT2D eigenvalue weighted by Crippen LogP contribution is -2.68. The normalized spacial score (nSPS) is 26.9. The summed E-state index contributed by atoms with van der Waals surface area (Å²) in [5, 5.41) is 14.5. The van der Waals surface area contributed by atoms with E-state index in [-0.39, 0.29) is 41.8 Å². The number of H-pyrrole nitrogens is 1. The molecule has 3 aliphatic heterocycles. The van der Waals surface area contributed by atoms with Crippen LogP contribution < -0.4 is 10.6 Å². The molecule has 1 aromatic carbocycles. The number of nitrogens with zero attached hydrogens (tertiary/aromatic N) is 2. The Bertz CT molecular complexity index is 1340. The third kappa shape index (κ3) is 4.46. The second kappa shape index (κ2) is 9.56. The van der Waals surface area contributed by atoms with Gasteiger partial charge in [-0.25, -0.2) is 22.0 Å². The highest BCUT2D eigenvalue weighted by Crippen LogP contribution is 2.49. The quantitative estimate of drug-likeness (QED) is 0.490. The lowest BCUT2D eigenvalue weighted by molar-refractivity contribution is -0.179.